The zero-order valence-corrected chi connectivity index (χ0v) is 7.43. The Kier molecular flexibility index (Phi) is 4.70. The largest absolute Gasteiger partial charge is 0.478 e. The molecular formula is C10H10O4. The van der Waals surface area contributed by atoms with Crippen molar-refractivity contribution < 1.29 is 19.8 Å². The maximum absolute atomic E-state index is 10.3. The zero-order chi connectivity index (χ0) is 11.1. The van der Waals surface area contributed by atoms with Crippen LogP contribution in [0.25, 0.3) is 0 Å². The molecule has 4 heteroatoms. The number of benzene rings is 1. The lowest BCUT2D eigenvalue weighted by Crippen LogP contribution is -1.99. The van der Waals surface area contributed by atoms with Gasteiger partial charge in [0.1, 0.15) is 0 Å². The molecule has 0 aliphatic carbocycles. The Morgan fingerprint density at radius 2 is 1.07 bits per heavy atom. The molecule has 14 heavy (non-hydrogen) atoms. The maximum atomic E-state index is 10.3. The second-order valence-electron chi connectivity index (χ2n) is 2.19. The van der Waals surface area contributed by atoms with Crippen molar-refractivity contribution in [2.24, 2.45) is 0 Å². The van der Waals surface area contributed by atoms with E-state index in [2.05, 4.69) is 13.2 Å². The van der Waals surface area contributed by atoms with Gasteiger partial charge in [0.15, 0.2) is 0 Å². The zero-order valence-electron chi connectivity index (χ0n) is 7.43. The van der Waals surface area contributed by atoms with Crippen LogP contribution in [0.15, 0.2) is 37.4 Å². The number of hydrogen-bond acceptors (Lipinski definition) is 2. The van der Waals surface area contributed by atoms with Gasteiger partial charge in [0.25, 0.3) is 0 Å². The van der Waals surface area contributed by atoms with E-state index in [0.29, 0.717) is 0 Å². The molecule has 0 radical (unpaired) electrons. The van der Waals surface area contributed by atoms with Crippen LogP contribution in [0.1, 0.15) is 20.7 Å². The number of carboxylic acids is 2. The van der Waals surface area contributed by atoms with Gasteiger partial charge in [0.05, 0.1) is 11.1 Å². The molecule has 0 unspecified atom stereocenters. The Morgan fingerprint density at radius 3 is 1.21 bits per heavy atom. The Morgan fingerprint density at radius 1 is 0.857 bits per heavy atom. The van der Waals surface area contributed by atoms with E-state index in [1.165, 1.54) is 24.3 Å². The summed E-state index contributed by atoms with van der Waals surface area (Å²) in [6, 6.07) is 5.02. The minimum atomic E-state index is -1.06. The molecule has 0 saturated heterocycles. The van der Waals surface area contributed by atoms with Crippen LogP contribution >= 0.6 is 0 Å². The molecule has 1 aromatic rings. The Hall–Kier alpha value is -2.10. The standard InChI is InChI=1S/C8H6O4.C2H4/c9-7(10)5-1-2-6(4-3-5)8(11)12;1-2/h1-4H,(H,9,10)(H,11,12);1-2H2. The number of rotatable bonds is 2. The summed E-state index contributed by atoms with van der Waals surface area (Å²) in [5.41, 5.74) is 0.167. The predicted molar refractivity (Wildman–Crippen MR) is 51.6 cm³/mol. The fourth-order valence-corrected chi connectivity index (χ4v) is 0.755. The van der Waals surface area contributed by atoms with Gasteiger partial charge in [0.2, 0.25) is 0 Å². The van der Waals surface area contributed by atoms with Crippen molar-refractivity contribution in [2.45, 2.75) is 0 Å². The fraction of sp³-hybridized carbons (Fsp3) is 0. The lowest BCUT2D eigenvalue weighted by atomic mass is 10.1. The minimum absolute atomic E-state index is 0.0833. The van der Waals surface area contributed by atoms with Crippen LogP contribution in [-0.4, -0.2) is 22.2 Å². The van der Waals surface area contributed by atoms with Gasteiger partial charge in [0, 0.05) is 0 Å². The third-order valence-corrected chi connectivity index (χ3v) is 1.38. The average Bonchev–Trinajstić information content (AvgIpc) is 2.21. The molecular weight excluding hydrogens is 184 g/mol. The molecule has 0 bridgehead atoms. The van der Waals surface area contributed by atoms with Crippen LogP contribution in [0, 0.1) is 0 Å². The molecule has 0 aliphatic heterocycles. The molecule has 0 heterocycles. The normalized spacial score (nSPS) is 8.29. The predicted octanol–water partition coefficient (Wildman–Crippen LogP) is 1.89. The summed E-state index contributed by atoms with van der Waals surface area (Å²) in [5, 5.41) is 16.9. The topological polar surface area (TPSA) is 74.6 Å². The van der Waals surface area contributed by atoms with Crippen LogP contribution in [-0.2, 0) is 0 Å². The quantitative estimate of drug-likeness (QED) is 0.705. The van der Waals surface area contributed by atoms with Gasteiger partial charge in [-0.2, -0.15) is 0 Å². The Bertz CT molecular complexity index is 293. The van der Waals surface area contributed by atoms with Crippen molar-refractivity contribution in [1.29, 1.82) is 0 Å². The highest BCUT2D eigenvalue weighted by molar-refractivity contribution is 5.91. The molecule has 0 spiro atoms. The molecule has 2 N–H and O–H groups in total. The molecule has 0 fully saturated rings. The number of hydrogen-bond donors (Lipinski definition) is 2. The van der Waals surface area contributed by atoms with Crippen molar-refractivity contribution in [3.8, 4) is 0 Å². The van der Waals surface area contributed by atoms with Gasteiger partial charge in [-0.25, -0.2) is 9.59 Å². The molecule has 0 aliphatic rings. The lowest BCUT2D eigenvalue weighted by Gasteiger charge is -1.94. The van der Waals surface area contributed by atoms with Gasteiger partial charge in [-0.05, 0) is 24.3 Å². The first-order valence-electron chi connectivity index (χ1n) is 3.68. The average molecular weight is 194 g/mol. The van der Waals surface area contributed by atoms with Crippen molar-refractivity contribution in [2.75, 3.05) is 0 Å². The van der Waals surface area contributed by atoms with E-state index < -0.39 is 11.9 Å². The van der Waals surface area contributed by atoms with E-state index in [4.69, 9.17) is 10.2 Å². The number of carboxylic acid groups (broad SMARTS) is 2. The van der Waals surface area contributed by atoms with E-state index in [9.17, 15) is 9.59 Å². The van der Waals surface area contributed by atoms with Gasteiger partial charge in [-0.1, -0.05) is 0 Å². The highest BCUT2D eigenvalue weighted by atomic mass is 16.4. The molecule has 0 saturated carbocycles. The lowest BCUT2D eigenvalue weighted by molar-refractivity contribution is 0.0681. The smallest absolute Gasteiger partial charge is 0.335 e. The summed E-state index contributed by atoms with van der Waals surface area (Å²) in [6.45, 7) is 6.00. The Balaban J connectivity index is 0.000000791. The maximum Gasteiger partial charge on any atom is 0.335 e. The van der Waals surface area contributed by atoms with E-state index in [-0.39, 0.29) is 11.1 Å². The van der Waals surface area contributed by atoms with Crippen LogP contribution in [0.2, 0.25) is 0 Å². The second-order valence-corrected chi connectivity index (χ2v) is 2.19. The van der Waals surface area contributed by atoms with Crippen molar-refractivity contribution in [1.82, 2.24) is 0 Å². The van der Waals surface area contributed by atoms with Crippen LogP contribution in [0.3, 0.4) is 0 Å². The molecule has 0 atom stereocenters. The first-order valence-corrected chi connectivity index (χ1v) is 3.68. The van der Waals surface area contributed by atoms with Crippen molar-refractivity contribution >= 4 is 11.9 Å². The SMILES string of the molecule is C=C.O=C(O)c1ccc(C(=O)O)cc1. The first kappa shape index (κ1) is 11.9. The van der Waals surface area contributed by atoms with Crippen molar-refractivity contribution in [3.63, 3.8) is 0 Å². The summed E-state index contributed by atoms with van der Waals surface area (Å²) in [5.74, 6) is -2.13. The fourth-order valence-electron chi connectivity index (χ4n) is 0.755. The van der Waals surface area contributed by atoms with E-state index in [1.807, 2.05) is 0 Å². The van der Waals surface area contributed by atoms with Gasteiger partial charge >= 0.3 is 11.9 Å². The second kappa shape index (κ2) is 5.53. The first-order chi connectivity index (χ1) is 6.61. The van der Waals surface area contributed by atoms with E-state index >= 15 is 0 Å². The summed E-state index contributed by atoms with van der Waals surface area (Å²) in [7, 11) is 0. The van der Waals surface area contributed by atoms with Crippen LogP contribution in [0.4, 0.5) is 0 Å². The summed E-state index contributed by atoms with van der Waals surface area (Å²) in [6.07, 6.45) is 0. The molecule has 0 aromatic heterocycles. The highest BCUT2D eigenvalue weighted by Gasteiger charge is 2.04. The number of carbonyl (C=O) groups is 2. The third-order valence-electron chi connectivity index (χ3n) is 1.38. The van der Waals surface area contributed by atoms with Crippen LogP contribution < -0.4 is 0 Å². The highest BCUT2D eigenvalue weighted by Crippen LogP contribution is 2.03. The van der Waals surface area contributed by atoms with E-state index in [0.717, 1.165) is 0 Å². The Labute approximate surface area is 81.1 Å². The molecule has 74 valence electrons. The summed E-state index contributed by atoms with van der Waals surface area (Å²) < 4.78 is 0. The van der Waals surface area contributed by atoms with Crippen LogP contribution in [0.5, 0.6) is 0 Å². The molecule has 0 amide bonds. The summed E-state index contributed by atoms with van der Waals surface area (Å²) >= 11 is 0. The minimum Gasteiger partial charge on any atom is -0.478 e. The molecule has 1 rings (SSSR count). The van der Waals surface area contributed by atoms with Gasteiger partial charge < -0.3 is 10.2 Å². The summed E-state index contributed by atoms with van der Waals surface area (Å²) in [4.78, 5) is 20.7. The van der Waals surface area contributed by atoms with Crippen molar-refractivity contribution in [3.05, 3.63) is 48.6 Å². The monoisotopic (exact) mass is 194 g/mol. The van der Waals surface area contributed by atoms with E-state index in [1.54, 1.807) is 0 Å². The van der Waals surface area contributed by atoms with Gasteiger partial charge in [-0.15, -0.1) is 13.2 Å². The third kappa shape index (κ3) is 3.10. The van der Waals surface area contributed by atoms with Gasteiger partial charge in [-0.3, -0.25) is 0 Å². The molecule has 4 nitrogen and oxygen atoms in total. The number of aromatic carboxylic acids is 2. The molecule has 1 aromatic carbocycles.